The van der Waals surface area contributed by atoms with E-state index in [9.17, 15) is 0 Å². The van der Waals surface area contributed by atoms with Gasteiger partial charge in [-0.2, -0.15) is 0 Å². The first kappa shape index (κ1) is 5.35. The summed E-state index contributed by atoms with van der Waals surface area (Å²) in [6.45, 7) is 0. The minimum Gasteiger partial charge on any atom is -0.350 e. The Labute approximate surface area is 33.8 Å². The van der Waals surface area contributed by atoms with Crippen LogP contribution in [0.5, 0.6) is 0 Å². The minimum atomic E-state index is 0.448. The van der Waals surface area contributed by atoms with E-state index in [4.69, 9.17) is 0 Å². The first-order valence-electron chi connectivity index (χ1n) is 1.36. The second-order valence-electron chi connectivity index (χ2n) is 0.556. The van der Waals surface area contributed by atoms with Crippen LogP contribution < -0.4 is 5.09 Å². The lowest BCUT2D eigenvalue weighted by Gasteiger charge is -1.87. The molecule has 0 amide bonds. The molecule has 0 rings (SSSR count). The summed E-state index contributed by atoms with van der Waals surface area (Å²) in [7, 11) is 3.96. The fourth-order valence-electron chi connectivity index (χ4n) is 0.102. The van der Waals surface area contributed by atoms with Crippen molar-refractivity contribution in [1.82, 2.24) is 5.09 Å². The summed E-state index contributed by atoms with van der Waals surface area (Å²) < 4.78 is 4.61. The van der Waals surface area contributed by atoms with Crippen LogP contribution in [-0.2, 0) is 4.52 Å². The zero-order valence-electron chi connectivity index (χ0n) is 3.41. The molecule has 3 heteroatoms. The molecule has 0 bridgehead atoms. The molecule has 5 heavy (non-hydrogen) atoms. The molecule has 0 aliphatic carbocycles. The highest BCUT2D eigenvalue weighted by Crippen LogP contribution is 1.96. The van der Waals surface area contributed by atoms with Crippen molar-refractivity contribution in [2.45, 2.75) is 0 Å². The lowest BCUT2D eigenvalue weighted by molar-refractivity contribution is 0.470. The summed E-state index contributed by atoms with van der Waals surface area (Å²) in [5, 5.41) is 2.82. The molecule has 0 aliphatic heterocycles. The Balaban J connectivity index is 2.19. The molecule has 0 aromatic carbocycles. The molecular weight excluding hydrogens is 85.0 g/mol. The molecule has 0 spiro atoms. The van der Waals surface area contributed by atoms with E-state index in [2.05, 4.69) is 9.61 Å². The summed E-state index contributed by atoms with van der Waals surface area (Å²) in [4.78, 5) is 0. The maximum Gasteiger partial charge on any atom is 0.0854 e. The van der Waals surface area contributed by atoms with Crippen molar-refractivity contribution in [3.63, 3.8) is 0 Å². The Kier molecular flexibility index (Phi) is 4.65. The molecule has 32 valence electrons. The van der Waals surface area contributed by atoms with E-state index < -0.39 is 0 Å². The third-order valence-electron chi connectivity index (χ3n) is 0.204. The largest absolute Gasteiger partial charge is 0.350 e. The molecule has 1 unspecified atom stereocenters. The summed E-state index contributed by atoms with van der Waals surface area (Å²) in [6, 6.07) is 0. The van der Waals surface area contributed by atoms with Crippen molar-refractivity contribution >= 4 is 8.96 Å². The van der Waals surface area contributed by atoms with Gasteiger partial charge >= 0.3 is 0 Å². The fraction of sp³-hybridized carbons (Fsp3) is 1.00. The second-order valence-corrected chi connectivity index (χ2v) is 1.67. The van der Waals surface area contributed by atoms with Crippen molar-refractivity contribution in [2.24, 2.45) is 0 Å². The maximum absolute atomic E-state index is 4.61. The van der Waals surface area contributed by atoms with Gasteiger partial charge in [0.1, 0.15) is 0 Å². The monoisotopic (exact) mass is 93.0 g/mol. The Hall–Kier alpha value is 0.350. The lowest BCUT2D eigenvalue weighted by atomic mass is 11.6. The van der Waals surface area contributed by atoms with Gasteiger partial charge in [-0.25, -0.2) is 0 Å². The highest BCUT2D eigenvalue weighted by atomic mass is 31.1. The summed E-state index contributed by atoms with van der Waals surface area (Å²) in [5.41, 5.74) is 0. The molecule has 1 N–H and O–H groups in total. The van der Waals surface area contributed by atoms with Gasteiger partial charge < -0.3 is 4.52 Å². The molecule has 0 saturated heterocycles. The number of hydrogen-bond donors (Lipinski definition) is 1. The summed E-state index contributed by atoms with van der Waals surface area (Å²) in [5.74, 6) is 0. The molecule has 0 aromatic rings. The predicted octanol–water partition coefficient (Wildman–Crippen LogP) is 0.361. The van der Waals surface area contributed by atoms with Crippen molar-refractivity contribution in [1.29, 1.82) is 0 Å². The van der Waals surface area contributed by atoms with E-state index in [1.807, 2.05) is 7.05 Å². The fourth-order valence-corrected chi connectivity index (χ4v) is 0.306. The number of rotatable bonds is 2. The Bertz CT molecular complexity index is 17.1. The van der Waals surface area contributed by atoms with E-state index >= 15 is 0 Å². The van der Waals surface area contributed by atoms with Gasteiger partial charge in [0.25, 0.3) is 0 Å². The van der Waals surface area contributed by atoms with Crippen LogP contribution in [0.4, 0.5) is 0 Å². The molecule has 0 aromatic heterocycles. The van der Waals surface area contributed by atoms with Gasteiger partial charge in [0.2, 0.25) is 0 Å². The van der Waals surface area contributed by atoms with E-state index in [1.165, 1.54) is 0 Å². The van der Waals surface area contributed by atoms with Gasteiger partial charge in [-0.15, -0.1) is 0 Å². The Morgan fingerprint density at radius 2 is 2.40 bits per heavy atom. The molecule has 0 radical (unpaired) electrons. The second kappa shape index (κ2) is 4.35. The zero-order chi connectivity index (χ0) is 4.12. The standard InChI is InChI=1S/C2H8NOP/c1-3-5-4-2/h3,5H,1-2H3. The van der Waals surface area contributed by atoms with E-state index in [0.717, 1.165) is 0 Å². The van der Waals surface area contributed by atoms with Crippen LogP contribution in [0.25, 0.3) is 0 Å². The van der Waals surface area contributed by atoms with Gasteiger partial charge in [0.15, 0.2) is 0 Å². The van der Waals surface area contributed by atoms with Crippen LogP contribution in [0.3, 0.4) is 0 Å². The van der Waals surface area contributed by atoms with Gasteiger partial charge in [0, 0.05) is 7.11 Å². The average Bonchev–Trinajstić information content (AvgIpc) is 1.41. The quantitative estimate of drug-likeness (QED) is 0.498. The summed E-state index contributed by atoms with van der Waals surface area (Å²) in [6.07, 6.45) is 0. The van der Waals surface area contributed by atoms with Gasteiger partial charge in [-0.05, 0) is 7.05 Å². The molecule has 0 aliphatic rings. The summed E-state index contributed by atoms with van der Waals surface area (Å²) >= 11 is 0. The molecule has 0 heterocycles. The van der Waals surface area contributed by atoms with Crippen LogP contribution >= 0.6 is 8.96 Å². The normalized spacial score (nSPS) is 10.8. The maximum atomic E-state index is 4.61. The topological polar surface area (TPSA) is 21.3 Å². The zero-order valence-corrected chi connectivity index (χ0v) is 4.41. The smallest absolute Gasteiger partial charge is 0.0854 e. The highest BCUT2D eigenvalue weighted by Gasteiger charge is 1.62. The van der Waals surface area contributed by atoms with Crippen LogP contribution in [0.15, 0.2) is 0 Å². The van der Waals surface area contributed by atoms with Crippen LogP contribution in [-0.4, -0.2) is 14.2 Å². The van der Waals surface area contributed by atoms with Crippen molar-refractivity contribution in [3.05, 3.63) is 0 Å². The van der Waals surface area contributed by atoms with E-state index in [-0.39, 0.29) is 0 Å². The van der Waals surface area contributed by atoms with Gasteiger partial charge in [0.05, 0.1) is 8.96 Å². The van der Waals surface area contributed by atoms with Gasteiger partial charge in [-0.3, -0.25) is 5.09 Å². The Morgan fingerprint density at radius 3 is 2.40 bits per heavy atom. The molecule has 1 atom stereocenters. The molecule has 0 fully saturated rings. The molecular formula is C2H8NOP. The van der Waals surface area contributed by atoms with Crippen LogP contribution in [0.1, 0.15) is 0 Å². The average molecular weight is 93.1 g/mol. The van der Waals surface area contributed by atoms with Crippen LogP contribution in [0.2, 0.25) is 0 Å². The molecule has 2 nitrogen and oxygen atoms in total. The third kappa shape index (κ3) is 4.35. The van der Waals surface area contributed by atoms with Crippen molar-refractivity contribution in [2.75, 3.05) is 14.2 Å². The Morgan fingerprint density at radius 1 is 1.80 bits per heavy atom. The predicted molar refractivity (Wildman–Crippen MR) is 24.4 cm³/mol. The van der Waals surface area contributed by atoms with Gasteiger partial charge in [-0.1, -0.05) is 0 Å². The van der Waals surface area contributed by atoms with Crippen LogP contribution in [0, 0.1) is 0 Å². The van der Waals surface area contributed by atoms with E-state index in [0.29, 0.717) is 8.96 Å². The van der Waals surface area contributed by atoms with Crippen molar-refractivity contribution < 1.29 is 4.52 Å². The third-order valence-corrected chi connectivity index (χ3v) is 0.612. The first-order chi connectivity index (χ1) is 2.41. The van der Waals surface area contributed by atoms with E-state index in [1.54, 1.807) is 7.11 Å². The molecule has 0 saturated carbocycles. The first-order valence-corrected chi connectivity index (χ1v) is 2.27. The number of nitrogens with one attached hydrogen (secondary N) is 1. The minimum absolute atomic E-state index is 0.448. The van der Waals surface area contributed by atoms with Crippen molar-refractivity contribution in [3.8, 4) is 0 Å². The number of hydrogen-bond acceptors (Lipinski definition) is 2. The highest BCUT2D eigenvalue weighted by molar-refractivity contribution is 7.29. The lowest BCUT2D eigenvalue weighted by Crippen LogP contribution is -1.85. The SMILES string of the molecule is CNPOC.